The van der Waals surface area contributed by atoms with Crippen LogP contribution >= 0.6 is 0 Å². The molecule has 1 aromatic heterocycles. The Morgan fingerprint density at radius 2 is 2.14 bits per heavy atom. The van der Waals surface area contributed by atoms with Gasteiger partial charge in [-0.3, -0.25) is 4.79 Å². The van der Waals surface area contributed by atoms with Crippen molar-refractivity contribution < 1.29 is 14.7 Å². The molecule has 0 aromatic carbocycles. The molecule has 14 heavy (non-hydrogen) atoms. The van der Waals surface area contributed by atoms with Gasteiger partial charge in [0.05, 0.1) is 5.56 Å². The van der Waals surface area contributed by atoms with Crippen molar-refractivity contribution in [3.05, 3.63) is 23.9 Å². The molecule has 1 N–H and O–H groups in total. The molecule has 0 aliphatic carbocycles. The average Bonchev–Trinajstić information content (AvgIpc) is 2.16. The first kappa shape index (κ1) is 10.2. The fraction of sp³-hybridized carbons (Fsp3) is 0.125. The quantitative estimate of drug-likeness (QED) is 0.689. The molecule has 0 atom stereocenters. The summed E-state index contributed by atoms with van der Waals surface area (Å²) < 4.78 is 0. The minimum absolute atomic E-state index is 0.0617. The molecule has 1 amide bonds. The molecule has 0 bridgehead atoms. The first-order chi connectivity index (χ1) is 6.52. The number of nitrogens with zero attached hydrogens (tertiary/aromatic N) is 2. The van der Waals surface area contributed by atoms with Crippen molar-refractivity contribution in [2.45, 2.75) is 0 Å². The van der Waals surface area contributed by atoms with Crippen molar-refractivity contribution in [1.82, 2.24) is 4.98 Å². The molecule has 0 fully saturated rings. The number of carbonyl (C=O) groups is 2. The van der Waals surface area contributed by atoms with Crippen LogP contribution in [0, 0.1) is 0 Å². The van der Waals surface area contributed by atoms with Gasteiger partial charge in [-0.15, -0.1) is 0 Å². The molecular weight excluding hydrogens is 183 g/mol. The van der Waals surface area contributed by atoms with Gasteiger partial charge in [0, 0.05) is 13.2 Å². The van der Waals surface area contributed by atoms with Crippen LogP contribution in [0.5, 0.6) is 0 Å². The lowest BCUT2D eigenvalue weighted by Gasteiger charge is -2.13. The molecule has 0 saturated carbocycles. The highest BCUT2D eigenvalue weighted by molar-refractivity contribution is 6.60. The zero-order valence-electron chi connectivity index (χ0n) is 7.47. The number of rotatable bonds is 2. The first-order valence-corrected chi connectivity index (χ1v) is 3.75. The molecule has 0 spiro atoms. The molecule has 2 radical (unpaired) electrons. The van der Waals surface area contributed by atoms with Crippen molar-refractivity contribution in [1.29, 1.82) is 0 Å². The summed E-state index contributed by atoms with van der Waals surface area (Å²) in [4.78, 5) is 26.1. The van der Waals surface area contributed by atoms with Crippen LogP contribution in [-0.4, -0.2) is 36.8 Å². The molecular formula is C8H7BN2O3. The lowest BCUT2D eigenvalue weighted by Crippen LogP contribution is -2.25. The summed E-state index contributed by atoms with van der Waals surface area (Å²) in [6.07, 6.45) is 1.16. The van der Waals surface area contributed by atoms with Crippen molar-refractivity contribution in [3.8, 4) is 0 Å². The summed E-state index contributed by atoms with van der Waals surface area (Å²) in [5.41, 5.74) is 0.0617. The van der Waals surface area contributed by atoms with Gasteiger partial charge >= 0.3 is 5.97 Å². The highest BCUT2D eigenvalue weighted by atomic mass is 16.4. The number of amides is 1. The molecule has 5 nitrogen and oxygen atoms in total. The maximum Gasteiger partial charge on any atom is 0.337 e. The average molecular weight is 190 g/mol. The standard InChI is InChI=1S/C8H7BN2O3/c1-11(8(9)14)6-3-2-5(4-10-6)7(12)13/h2-4H,1H3,(H,12,13). The van der Waals surface area contributed by atoms with Crippen molar-refractivity contribution >= 4 is 25.4 Å². The van der Waals surface area contributed by atoms with E-state index in [-0.39, 0.29) is 5.56 Å². The Hall–Kier alpha value is -1.85. The van der Waals surface area contributed by atoms with E-state index in [1.807, 2.05) is 0 Å². The Morgan fingerprint density at radius 3 is 2.50 bits per heavy atom. The third-order valence-corrected chi connectivity index (χ3v) is 1.67. The highest BCUT2D eigenvalue weighted by Crippen LogP contribution is 2.09. The molecule has 6 heteroatoms. The van der Waals surface area contributed by atoms with Gasteiger partial charge in [0.2, 0.25) is 7.85 Å². The SMILES string of the molecule is [B]C(=O)N(C)c1ccc(C(=O)O)cn1. The van der Waals surface area contributed by atoms with E-state index in [1.54, 1.807) is 0 Å². The lowest BCUT2D eigenvalue weighted by atomic mass is 10.1. The van der Waals surface area contributed by atoms with Gasteiger partial charge in [-0.25, -0.2) is 9.78 Å². The second-order valence-corrected chi connectivity index (χ2v) is 2.61. The normalized spacial score (nSPS) is 9.50. The van der Waals surface area contributed by atoms with Crippen molar-refractivity contribution in [2.75, 3.05) is 11.9 Å². The number of aromatic carboxylic acids is 1. The van der Waals surface area contributed by atoms with E-state index in [0.717, 1.165) is 11.1 Å². The maximum absolute atomic E-state index is 10.7. The molecule has 0 unspecified atom stereocenters. The van der Waals surface area contributed by atoms with E-state index in [2.05, 4.69) is 4.98 Å². The minimum Gasteiger partial charge on any atom is -0.478 e. The number of hydrogen-bond acceptors (Lipinski definition) is 3. The zero-order valence-corrected chi connectivity index (χ0v) is 7.47. The number of anilines is 1. The first-order valence-electron chi connectivity index (χ1n) is 3.75. The third-order valence-electron chi connectivity index (χ3n) is 1.67. The largest absolute Gasteiger partial charge is 0.478 e. The lowest BCUT2D eigenvalue weighted by molar-refractivity contribution is 0.0696. The second kappa shape index (κ2) is 3.91. The number of hydrogen-bond donors (Lipinski definition) is 1. The monoisotopic (exact) mass is 190 g/mol. The molecule has 1 aromatic rings. The molecule has 0 aliphatic heterocycles. The van der Waals surface area contributed by atoms with Gasteiger partial charge in [-0.05, 0) is 12.1 Å². The fourth-order valence-corrected chi connectivity index (χ4v) is 0.824. The summed E-state index contributed by atoms with van der Waals surface area (Å²) in [7, 11) is 6.45. The van der Waals surface area contributed by atoms with Gasteiger partial charge in [0.15, 0.2) is 5.81 Å². The van der Waals surface area contributed by atoms with Crippen LogP contribution in [0.2, 0.25) is 0 Å². The van der Waals surface area contributed by atoms with Gasteiger partial charge < -0.3 is 10.0 Å². The molecule has 0 saturated heterocycles. The van der Waals surface area contributed by atoms with Crippen LogP contribution in [0.15, 0.2) is 18.3 Å². The maximum atomic E-state index is 10.7. The van der Waals surface area contributed by atoms with E-state index in [9.17, 15) is 9.59 Å². The Kier molecular flexibility index (Phi) is 2.86. The molecule has 1 rings (SSSR count). The summed E-state index contributed by atoms with van der Waals surface area (Å²) in [5.74, 6) is -1.41. The number of aromatic nitrogens is 1. The smallest absolute Gasteiger partial charge is 0.337 e. The Balaban J connectivity index is 2.94. The van der Waals surface area contributed by atoms with E-state index in [0.29, 0.717) is 5.82 Å². The number of carbonyl (C=O) groups excluding carboxylic acids is 1. The number of carboxylic acid groups (broad SMARTS) is 1. The Bertz CT molecular complexity index is 363. The zero-order chi connectivity index (χ0) is 10.7. The van der Waals surface area contributed by atoms with Crippen molar-refractivity contribution in [3.63, 3.8) is 0 Å². The van der Waals surface area contributed by atoms with Crippen LogP contribution in [0.4, 0.5) is 10.6 Å². The van der Waals surface area contributed by atoms with Crippen LogP contribution in [-0.2, 0) is 0 Å². The van der Waals surface area contributed by atoms with E-state index < -0.39 is 11.8 Å². The summed E-state index contributed by atoms with van der Waals surface area (Å²) in [6, 6.07) is 2.76. The molecule has 70 valence electrons. The number of pyridine rings is 1. The van der Waals surface area contributed by atoms with Gasteiger partial charge in [-0.2, -0.15) is 0 Å². The third kappa shape index (κ3) is 2.10. The van der Waals surface area contributed by atoms with Crippen LogP contribution in [0.25, 0.3) is 0 Å². The summed E-state index contributed by atoms with van der Waals surface area (Å²) in [6.45, 7) is 0. The van der Waals surface area contributed by atoms with E-state index >= 15 is 0 Å². The predicted molar refractivity (Wildman–Crippen MR) is 50.7 cm³/mol. The van der Waals surface area contributed by atoms with Crippen LogP contribution in [0.1, 0.15) is 10.4 Å². The highest BCUT2D eigenvalue weighted by Gasteiger charge is 2.07. The van der Waals surface area contributed by atoms with Gasteiger partial charge in [-0.1, -0.05) is 0 Å². The second-order valence-electron chi connectivity index (χ2n) is 2.61. The minimum atomic E-state index is -1.06. The van der Waals surface area contributed by atoms with Gasteiger partial charge in [0.1, 0.15) is 5.82 Å². The predicted octanol–water partition coefficient (Wildman–Crippen LogP) is 0.504. The fourth-order valence-electron chi connectivity index (χ4n) is 0.824. The summed E-state index contributed by atoms with van der Waals surface area (Å²) in [5, 5.41) is 8.58. The Labute approximate surface area is 81.8 Å². The summed E-state index contributed by atoms with van der Waals surface area (Å²) >= 11 is 0. The van der Waals surface area contributed by atoms with Gasteiger partial charge in [0.25, 0.3) is 0 Å². The Morgan fingerprint density at radius 1 is 1.50 bits per heavy atom. The van der Waals surface area contributed by atoms with E-state index in [1.165, 1.54) is 19.2 Å². The topological polar surface area (TPSA) is 70.5 Å². The van der Waals surface area contributed by atoms with E-state index in [4.69, 9.17) is 13.0 Å². The molecule has 0 aliphatic rings. The van der Waals surface area contributed by atoms with Crippen LogP contribution < -0.4 is 4.90 Å². The van der Waals surface area contributed by atoms with Crippen LogP contribution in [0.3, 0.4) is 0 Å². The van der Waals surface area contributed by atoms with Crippen molar-refractivity contribution in [2.24, 2.45) is 0 Å². The number of carboxylic acids is 1. The molecule has 1 heterocycles.